The smallest absolute Gasteiger partial charge is 0.272 e. The zero-order chi connectivity index (χ0) is 18.6. The SMILES string of the molecule is CCN(CC)C(=O)c1cc(Nc2ccc(C(C)(C)C)cc2)nc(C)n1. The molecule has 0 saturated carbocycles. The van der Waals surface area contributed by atoms with Gasteiger partial charge in [0.2, 0.25) is 0 Å². The molecule has 5 heteroatoms. The Kier molecular flexibility index (Phi) is 5.77. The van der Waals surface area contributed by atoms with Crippen LogP contribution in [0.4, 0.5) is 11.5 Å². The van der Waals surface area contributed by atoms with Crippen molar-refractivity contribution in [2.75, 3.05) is 18.4 Å². The summed E-state index contributed by atoms with van der Waals surface area (Å²) in [6.07, 6.45) is 0. The van der Waals surface area contributed by atoms with Gasteiger partial charge in [-0.05, 0) is 43.9 Å². The van der Waals surface area contributed by atoms with Gasteiger partial charge in [-0.15, -0.1) is 0 Å². The van der Waals surface area contributed by atoms with Crippen molar-refractivity contribution in [3.05, 3.63) is 47.4 Å². The highest BCUT2D eigenvalue weighted by Crippen LogP contribution is 2.24. The lowest BCUT2D eigenvalue weighted by Gasteiger charge is -2.20. The Hall–Kier alpha value is -2.43. The van der Waals surface area contributed by atoms with Gasteiger partial charge in [-0.3, -0.25) is 4.79 Å². The fourth-order valence-electron chi connectivity index (χ4n) is 2.62. The van der Waals surface area contributed by atoms with Crippen LogP contribution in [-0.4, -0.2) is 33.9 Å². The molecule has 0 atom stereocenters. The van der Waals surface area contributed by atoms with Crippen molar-refractivity contribution in [3.63, 3.8) is 0 Å². The normalized spacial score (nSPS) is 11.3. The van der Waals surface area contributed by atoms with E-state index in [1.807, 2.05) is 26.0 Å². The quantitative estimate of drug-likeness (QED) is 0.881. The molecule has 2 rings (SSSR count). The zero-order valence-electron chi connectivity index (χ0n) is 16.1. The van der Waals surface area contributed by atoms with Gasteiger partial charge in [-0.2, -0.15) is 0 Å². The average Bonchev–Trinajstić information content (AvgIpc) is 2.55. The lowest BCUT2D eigenvalue weighted by atomic mass is 9.87. The minimum Gasteiger partial charge on any atom is -0.340 e. The van der Waals surface area contributed by atoms with Crippen LogP contribution in [0.2, 0.25) is 0 Å². The Balaban J connectivity index is 2.24. The number of aryl methyl sites for hydroxylation is 1. The van der Waals surface area contributed by atoms with Crippen molar-refractivity contribution in [3.8, 4) is 0 Å². The first-order valence-electron chi connectivity index (χ1n) is 8.77. The molecule has 0 spiro atoms. The van der Waals surface area contributed by atoms with E-state index in [-0.39, 0.29) is 11.3 Å². The second-order valence-electron chi connectivity index (χ2n) is 7.12. The summed E-state index contributed by atoms with van der Waals surface area (Å²) in [6, 6.07) is 10.00. The van der Waals surface area contributed by atoms with E-state index in [4.69, 9.17) is 0 Å². The minimum absolute atomic E-state index is 0.0679. The monoisotopic (exact) mass is 340 g/mol. The van der Waals surface area contributed by atoms with Crippen LogP contribution in [0.3, 0.4) is 0 Å². The van der Waals surface area contributed by atoms with Crippen LogP contribution in [0.15, 0.2) is 30.3 Å². The molecule has 0 aliphatic heterocycles. The fraction of sp³-hybridized carbons (Fsp3) is 0.450. The van der Waals surface area contributed by atoms with Crippen molar-refractivity contribution in [2.24, 2.45) is 0 Å². The van der Waals surface area contributed by atoms with Crippen molar-refractivity contribution < 1.29 is 4.79 Å². The number of aromatic nitrogens is 2. The number of nitrogens with one attached hydrogen (secondary N) is 1. The summed E-state index contributed by atoms with van der Waals surface area (Å²) in [6.45, 7) is 13.6. The summed E-state index contributed by atoms with van der Waals surface area (Å²) in [5, 5.41) is 3.27. The Morgan fingerprint density at radius 1 is 1.08 bits per heavy atom. The molecule has 25 heavy (non-hydrogen) atoms. The highest BCUT2D eigenvalue weighted by molar-refractivity contribution is 5.93. The fourth-order valence-corrected chi connectivity index (χ4v) is 2.62. The number of amides is 1. The van der Waals surface area contributed by atoms with Crippen LogP contribution in [-0.2, 0) is 5.41 Å². The number of hydrogen-bond acceptors (Lipinski definition) is 4. The lowest BCUT2D eigenvalue weighted by molar-refractivity contribution is 0.0766. The molecule has 1 N–H and O–H groups in total. The number of hydrogen-bond donors (Lipinski definition) is 1. The van der Waals surface area contributed by atoms with Gasteiger partial charge in [-0.25, -0.2) is 9.97 Å². The molecule has 2 aromatic rings. The molecule has 0 aliphatic carbocycles. The lowest BCUT2D eigenvalue weighted by Crippen LogP contribution is -2.31. The number of anilines is 2. The predicted molar refractivity (Wildman–Crippen MR) is 102 cm³/mol. The van der Waals surface area contributed by atoms with E-state index in [1.165, 1.54) is 5.56 Å². The van der Waals surface area contributed by atoms with Gasteiger partial charge < -0.3 is 10.2 Å². The molecule has 0 saturated heterocycles. The molecular weight excluding hydrogens is 312 g/mol. The maximum atomic E-state index is 12.5. The average molecular weight is 340 g/mol. The molecule has 1 aromatic carbocycles. The first-order chi connectivity index (χ1) is 11.7. The van der Waals surface area contributed by atoms with E-state index in [0.717, 1.165) is 5.69 Å². The first kappa shape index (κ1) is 18.9. The molecule has 0 bridgehead atoms. The van der Waals surface area contributed by atoms with E-state index in [2.05, 4.69) is 48.2 Å². The predicted octanol–water partition coefficient (Wildman–Crippen LogP) is 4.31. The van der Waals surface area contributed by atoms with Gasteiger partial charge in [0.1, 0.15) is 17.3 Å². The van der Waals surface area contributed by atoms with E-state index in [1.54, 1.807) is 17.9 Å². The van der Waals surface area contributed by atoms with Crippen LogP contribution < -0.4 is 5.32 Å². The van der Waals surface area contributed by atoms with Gasteiger partial charge in [0, 0.05) is 24.8 Å². The molecule has 0 fully saturated rings. The number of carbonyl (C=O) groups excluding carboxylic acids is 1. The van der Waals surface area contributed by atoms with Crippen LogP contribution in [0.5, 0.6) is 0 Å². The van der Waals surface area contributed by atoms with Crippen LogP contribution in [0, 0.1) is 6.92 Å². The summed E-state index contributed by atoms with van der Waals surface area (Å²) in [5.41, 5.74) is 2.75. The number of nitrogens with zero attached hydrogens (tertiary/aromatic N) is 3. The molecule has 0 radical (unpaired) electrons. The van der Waals surface area contributed by atoms with E-state index in [9.17, 15) is 4.79 Å². The van der Waals surface area contributed by atoms with Gasteiger partial charge in [0.05, 0.1) is 0 Å². The van der Waals surface area contributed by atoms with Gasteiger partial charge in [-0.1, -0.05) is 32.9 Å². The Morgan fingerprint density at radius 3 is 2.20 bits per heavy atom. The molecule has 1 amide bonds. The standard InChI is InChI=1S/C20H28N4O/c1-7-24(8-2)19(25)17-13-18(22-14(3)21-17)23-16-11-9-15(10-12-16)20(4,5)6/h9-13H,7-8H2,1-6H3,(H,21,22,23). The summed E-state index contributed by atoms with van der Waals surface area (Å²) in [7, 11) is 0. The minimum atomic E-state index is -0.0679. The molecule has 0 unspecified atom stereocenters. The molecule has 1 heterocycles. The van der Waals surface area contributed by atoms with Gasteiger partial charge >= 0.3 is 0 Å². The van der Waals surface area contributed by atoms with Gasteiger partial charge in [0.15, 0.2) is 0 Å². The Labute approximate surface area is 150 Å². The Morgan fingerprint density at radius 2 is 1.68 bits per heavy atom. The number of benzene rings is 1. The van der Waals surface area contributed by atoms with Crippen molar-refractivity contribution in [1.29, 1.82) is 0 Å². The molecule has 0 aliphatic rings. The zero-order valence-corrected chi connectivity index (χ0v) is 16.1. The Bertz CT molecular complexity index is 728. The summed E-state index contributed by atoms with van der Waals surface area (Å²) in [4.78, 5) is 23.0. The molecule has 134 valence electrons. The third-order valence-corrected chi connectivity index (χ3v) is 4.13. The van der Waals surface area contributed by atoms with Crippen LogP contribution in [0.25, 0.3) is 0 Å². The highest BCUT2D eigenvalue weighted by atomic mass is 16.2. The highest BCUT2D eigenvalue weighted by Gasteiger charge is 2.16. The van der Waals surface area contributed by atoms with E-state index < -0.39 is 0 Å². The number of carbonyl (C=O) groups is 1. The molecular formula is C20H28N4O. The van der Waals surface area contributed by atoms with Crippen molar-refractivity contribution in [1.82, 2.24) is 14.9 Å². The third-order valence-electron chi connectivity index (χ3n) is 4.13. The summed E-state index contributed by atoms with van der Waals surface area (Å²) < 4.78 is 0. The van der Waals surface area contributed by atoms with Gasteiger partial charge in [0.25, 0.3) is 5.91 Å². The maximum Gasteiger partial charge on any atom is 0.272 e. The number of rotatable bonds is 5. The van der Waals surface area contributed by atoms with Crippen molar-refractivity contribution in [2.45, 2.75) is 47.0 Å². The summed E-state index contributed by atoms with van der Waals surface area (Å²) in [5.74, 6) is 1.14. The van der Waals surface area contributed by atoms with Crippen molar-refractivity contribution >= 4 is 17.4 Å². The second-order valence-corrected chi connectivity index (χ2v) is 7.12. The largest absolute Gasteiger partial charge is 0.340 e. The third kappa shape index (κ3) is 4.78. The van der Waals surface area contributed by atoms with Crippen LogP contribution >= 0.6 is 0 Å². The van der Waals surface area contributed by atoms with Crippen LogP contribution in [0.1, 0.15) is 56.5 Å². The maximum absolute atomic E-state index is 12.5. The second kappa shape index (κ2) is 7.64. The molecule has 1 aromatic heterocycles. The first-order valence-corrected chi connectivity index (χ1v) is 8.77. The van der Waals surface area contributed by atoms with E-state index in [0.29, 0.717) is 30.4 Å². The van der Waals surface area contributed by atoms with E-state index >= 15 is 0 Å². The molecule has 5 nitrogen and oxygen atoms in total. The topological polar surface area (TPSA) is 58.1 Å². The summed E-state index contributed by atoms with van der Waals surface area (Å²) >= 11 is 0.